The van der Waals surface area contributed by atoms with Crippen LogP contribution in [0.5, 0.6) is 5.75 Å². The maximum absolute atomic E-state index is 14.3. The van der Waals surface area contributed by atoms with E-state index in [1.54, 1.807) is 25.3 Å². The SMILES string of the molecule is Cc1nc2c(o1)-c1ccc(F)cc1C(C)Oc1cc(cnc1N)/C(NCC1CC1)=C(/C(=N)Cl)C2. The van der Waals surface area contributed by atoms with E-state index in [9.17, 15) is 4.39 Å². The summed E-state index contributed by atoms with van der Waals surface area (Å²) in [5.74, 6) is 1.72. The van der Waals surface area contributed by atoms with Gasteiger partial charge in [0.2, 0.25) is 0 Å². The van der Waals surface area contributed by atoms with Crippen molar-refractivity contribution >= 4 is 28.3 Å². The topological polar surface area (TPSA) is 110 Å². The van der Waals surface area contributed by atoms with Crippen LogP contribution in [0.3, 0.4) is 0 Å². The molecule has 4 N–H and O–H groups in total. The number of hydrogen-bond donors (Lipinski definition) is 3. The number of aryl methyl sites for hydroxylation is 1. The molecule has 0 amide bonds. The van der Waals surface area contributed by atoms with Gasteiger partial charge in [-0.15, -0.1) is 0 Å². The highest BCUT2D eigenvalue weighted by atomic mass is 35.5. The standard InChI is InChI=1S/C25H25ClFN5O2/c1-12-18-8-16(27)5-6-17(18)23-20(32-13(2)34-23)9-19(24(26)28)22(30-10-14-3-4-14)15-7-21(33-12)25(29)31-11-15/h5-8,11-12,14,28,30H,3-4,9-10H2,1-2H3,(H2,29,31)/b22-19-,28-24?. The predicted molar refractivity (Wildman–Crippen MR) is 129 cm³/mol. The summed E-state index contributed by atoms with van der Waals surface area (Å²) in [7, 11) is 0. The Bertz CT molecular complexity index is 1310. The van der Waals surface area contributed by atoms with Gasteiger partial charge in [0, 0.05) is 54.0 Å². The molecule has 1 saturated carbocycles. The minimum atomic E-state index is -0.555. The molecule has 1 aliphatic heterocycles. The molecule has 1 aromatic carbocycles. The van der Waals surface area contributed by atoms with E-state index < -0.39 is 11.9 Å². The number of nitrogen functional groups attached to an aromatic ring is 1. The fourth-order valence-electron chi connectivity index (χ4n) is 4.21. The molecule has 2 aromatic heterocycles. The normalized spacial score (nSPS) is 19.8. The van der Waals surface area contributed by atoms with Crippen LogP contribution < -0.4 is 15.8 Å². The highest BCUT2D eigenvalue weighted by Crippen LogP contribution is 2.38. The third-order valence-corrected chi connectivity index (χ3v) is 6.38. The lowest BCUT2D eigenvalue weighted by Gasteiger charge is -2.22. The van der Waals surface area contributed by atoms with Crippen LogP contribution in [0.25, 0.3) is 17.0 Å². The number of hydrogen-bond acceptors (Lipinski definition) is 7. The number of pyridine rings is 1. The van der Waals surface area contributed by atoms with E-state index in [1.807, 2.05) is 6.92 Å². The Balaban J connectivity index is 1.76. The third-order valence-electron chi connectivity index (χ3n) is 6.15. The van der Waals surface area contributed by atoms with Crippen molar-refractivity contribution in [2.45, 2.75) is 39.2 Å². The van der Waals surface area contributed by atoms with Gasteiger partial charge < -0.3 is 20.2 Å². The van der Waals surface area contributed by atoms with Gasteiger partial charge in [-0.1, -0.05) is 11.6 Å². The Morgan fingerprint density at radius 3 is 2.85 bits per heavy atom. The molecule has 7 nitrogen and oxygen atoms in total. The predicted octanol–water partition coefficient (Wildman–Crippen LogP) is 5.39. The third kappa shape index (κ3) is 4.37. The van der Waals surface area contributed by atoms with Gasteiger partial charge in [0.25, 0.3) is 0 Å². The summed E-state index contributed by atoms with van der Waals surface area (Å²) in [6.07, 6.45) is 3.66. The first-order chi connectivity index (χ1) is 16.3. The number of aromatic nitrogens is 2. The first-order valence-electron chi connectivity index (χ1n) is 11.2. The number of oxazole rings is 1. The van der Waals surface area contributed by atoms with E-state index in [1.165, 1.54) is 25.0 Å². The van der Waals surface area contributed by atoms with E-state index in [0.29, 0.717) is 57.0 Å². The van der Waals surface area contributed by atoms with E-state index in [4.69, 9.17) is 31.9 Å². The maximum Gasteiger partial charge on any atom is 0.192 e. The highest BCUT2D eigenvalue weighted by molar-refractivity contribution is 6.69. The van der Waals surface area contributed by atoms with Gasteiger partial charge in [-0.05, 0) is 49.9 Å². The summed E-state index contributed by atoms with van der Waals surface area (Å²) in [4.78, 5) is 8.92. The number of allylic oxidation sites excluding steroid dienone is 1. The number of ether oxygens (including phenoxy) is 1. The summed E-state index contributed by atoms with van der Waals surface area (Å²) in [6, 6.07) is 6.23. The second kappa shape index (κ2) is 8.76. The monoisotopic (exact) mass is 481 g/mol. The fourth-order valence-corrected chi connectivity index (χ4v) is 4.37. The molecule has 1 atom stereocenters. The van der Waals surface area contributed by atoms with Crippen LogP contribution in [0.2, 0.25) is 0 Å². The fraction of sp³-hybridized carbons (Fsp3) is 0.320. The van der Waals surface area contributed by atoms with E-state index in [0.717, 1.165) is 6.54 Å². The lowest BCUT2D eigenvalue weighted by atomic mass is 9.96. The average molecular weight is 482 g/mol. The van der Waals surface area contributed by atoms with Gasteiger partial charge in [-0.25, -0.2) is 14.4 Å². The van der Waals surface area contributed by atoms with Crippen molar-refractivity contribution in [3.63, 3.8) is 0 Å². The van der Waals surface area contributed by atoms with Gasteiger partial charge in [-0.3, -0.25) is 5.41 Å². The molecule has 5 rings (SSSR count). The Labute approximate surface area is 201 Å². The molecule has 34 heavy (non-hydrogen) atoms. The lowest BCUT2D eigenvalue weighted by molar-refractivity contribution is 0.227. The van der Waals surface area contributed by atoms with E-state index in [2.05, 4.69) is 15.3 Å². The number of rotatable bonds is 4. The number of benzene rings is 1. The van der Waals surface area contributed by atoms with Crippen molar-refractivity contribution in [1.29, 1.82) is 5.41 Å². The molecule has 0 spiro atoms. The highest BCUT2D eigenvalue weighted by Gasteiger charge is 2.27. The van der Waals surface area contributed by atoms with Gasteiger partial charge in [0.15, 0.2) is 23.2 Å². The van der Waals surface area contributed by atoms with Crippen LogP contribution >= 0.6 is 11.6 Å². The molecule has 3 aromatic rings. The first-order valence-corrected chi connectivity index (χ1v) is 11.6. The van der Waals surface area contributed by atoms with Gasteiger partial charge in [0.05, 0.1) is 5.69 Å². The molecule has 9 heteroatoms. The number of nitrogens with two attached hydrogens (primary N) is 1. The molecule has 176 valence electrons. The lowest BCUT2D eigenvalue weighted by Crippen LogP contribution is -2.20. The van der Waals surface area contributed by atoms with E-state index >= 15 is 0 Å². The second-order valence-electron chi connectivity index (χ2n) is 8.78. The van der Waals surface area contributed by atoms with Crippen molar-refractivity contribution in [3.05, 3.63) is 64.6 Å². The summed E-state index contributed by atoms with van der Waals surface area (Å²) < 4.78 is 26.5. The molecular weight excluding hydrogens is 457 g/mol. The first kappa shape index (κ1) is 22.4. The number of anilines is 1. The van der Waals surface area contributed by atoms with Crippen LogP contribution in [0.15, 0.2) is 40.5 Å². The number of halogens is 2. The van der Waals surface area contributed by atoms with Crippen LogP contribution in [-0.2, 0) is 6.42 Å². The van der Waals surface area contributed by atoms with Crippen molar-refractivity contribution < 1.29 is 13.5 Å². The Morgan fingerprint density at radius 2 is 2.12 bits per heavy atom. The van der Waals surface area contributed by atoms with Crippen molar-refractivity contribution in [1.82, 2.24) is 15.3 Å². The Kier molecular flexibility index (Phi) is 5.77. The molecule has 1 unspecified atom stereocenters. The smallest absolute Gasteiger partial charge is 0.192 e. The zero-order valence-corrected chi connectivity index (χ0v) is 19.7. The van der Waals surface area contributed by atoms with Crippen molar-refractivity contribution in [3.8, 4) is 17.1 Å². The van der Waals surface area contributed by atoms with Crippen molar-refractivity contribution in [2.75, 3.05) is 12.3 Å². The molecule has 1 fully saturated rings. The number of nitrogens with one attached hydrogen (secondary N) is 2. The van der Waals surface area contributed by atoms with Gasteiger partial charge >= 0.3 is 0 Å². The van der Waals surface area contributed by atoms with Crippen LogP contribution in [0.1, 0.15) is 48.6 Å². The molecule has 2 bridgehead atoms. The molecule has 3 heterocycles. The van der Waals surface area contributed by atoms with Crippen molar-refractivity contribution in [2.24, 2.45) is 5.92 Å². The second-order valence-corrected chi connectivity index (χ2v) is 9.15. The zero-order chi connectivity index (χ0) is 24.0. The largest absolute Gasteiger partial charge is 0.482 e. The minimum Gasteiger partial charge on any atom is -0.482 e. The zero-order valence-electron chi connectivity index (χ0n) is 18.9. The molecular formula is C25H25ClFN5O2. The van der Waals surface area contributed by atoms with E-state index in [-0.39, 0.29) is 17.4 Å². The van der Waals surface area contributed by atoms with Crippen LogP contribution in [-0.4, -0.2) is 21.7 Å². The Morgan fingerprint density at radius 1 is 1.32 bits per heavy atom. The van der Waals surface area contributed by atoms with Crippen LogP contribution in [0, 0.1) is 24.1 Å². The molecule has 1 aliphatic carbocycles. The van der Waals surface area contributed by atoms with Gasteiger partial charge in [-0.2, -0.15) is 0 Å². The molecule has 0 saturated heterocycles. The summed E-state index contributed by atoms with van der Waals surface area (Å²) in [5.41, 5.74) is 9.90. The summed E-state index contributed by atoms with van der Waals surface area (Å²) in [5, 5.41) is 11.7. The average Bonchev–Trinajstić information content (AvgIpc) is 3.55. The molecule has 2 aliphatic rings. The number of fused-ring (bicyclic) bond motifs is 5. The summed E-state index contributed by atoms with van der Waals surface area (Å²) in [6.45, 7) is 4.33. The van der Waals surface area contributed by atoms with Crippen LogP contribution in [0.4, 0.5) is 10.2 Å². The molecule has 0 radical (unpaired) electrons. The summed E-state index contributed by atoms with van der Waals surface area (Å²) >= 11 is 6.34. The van der Waals surface area contributed by atoms with Gasteiger partial charge in [0.1, 0.15) is 17.1 Å². The Hall–Kier alpha value is -3.39. The quantitative estimate of drug-likeness (QED) is 0.431. The maximum atomic E-state index is 14.3. The minimum absolute atomic E-state index is 0.117. The number of nitrogens with zero attached hydrogens (tertiary/aromatic N) is 2.